The van der Waals surface area contributed by atoms with E-state index in [1.165, 1.54) is 11.5 Å². The van der Waals surface area contributed by atoms with E-state index in [0.29, 0.717) is 10.3 Å². The summed E-state index contributed by atoms with van der Waals surface area (Å²) in [6, 6.07) is -0.130. The third-order valence-corrected chi connectivity index (χ3v) is 5.06. The Hall–Kier alpha value is -0.990. The summed E-state index contributed by atoms with van der Waals surface area (Å²) >= 11 is 2.78. The molecule has 6 nitrogen and oxygen atoms in total. The molecular weight excluding hydrogens is 308 g/mol. The van der Waals surface area contributed by atoms with Gasteiger partial charge in [-0.2, -0.15) is 9.36 Å². The van der Waals surface area contributed by atoms with Crippen molar-refractivity contribution >= 4 is 40.6 Å². The Morgan fingerprint density at radius 1 is 1.57 bits per heavy atom. The fraction of sp³-hybridized carbons (Fsp3) is 0.692. The van der Waals surface area contributed by atoms with Crippen LogP contribution in [0, 0.1) is 0 Å². The van der Waals surface area contributed by atoms with Crippen LogP contribution in [0.3, 0.4) is 0 Å². The number of anilines is 1. The molecule has 1 aliphatic rings. The monoisotopic (exact) mass is 328 g/mol. The second-order valence-electron chi connectivity index (χ2n) is 4.95. The molecule has 1 N–H and O–H groups in total. The normalized spacial score (nSPS) is 19.4. The highest BCUT2D eigenvalue weighted by molar-refractivity contribution is 7.99. The quantitative estimate of drug-likeness (QED) is 0.610. The van der Waals surface area contributed by atoms with Crippen LogP contribution in [0.25, 0.3) is 0 Å². The smallest absolute Gasteiger partial charge is 0.240 e. The van der Waals surface area contributed by atoms with Crippen molar-refractivity contribution in [2.75, 3.05) is 24.2 Å². The molecule has 1 aromatic heterocycles. The summed E-state index contributed by atoms with van der Waals surface area (Å²) in [5, 5.41) is 4.00. The van der Waals surface area contributed by atoms with Gasteiger partial charge < -0.3 is 4.79 Å². The van der Waals surface area contributed by atoms with Crippen molar-refractivity contribution in [3.05, 3.63) is 0 Å². The maximum atomic E-state index is 12.0. The van der Waals surface area contributed by atoms with Crippen LogP contribution in [-0.4, -0.2) is 51.3 Å². The van der Waals surface area contributed by atoms with Gasteiger partial charge in [-0.25, -0.2) is 0 Å². The second kappa shape index (κ2) is 8.45. The molecule has 1 unspecified atom stereocenters. The van der Waals surface area contributed by atoms with Crippen molar-refractivity contribution in [1.29, 1.82) is 0 Å². The third kappa shape index (κ3) is 5.05. The number of amides is 1. The highest BCUT2D eigenvalue weighted by Crippen LogP contribution is 2.21. The zero-order chi connectivity index (χ0) is 15.1. The minimum atomic E-state index is -0.132. The first-order valence-electron chi connectivity index (χ1n) is 7.18. The number of rotatable bonds is 7. The van der Waals surface area contributed by atoms with E-state index in [1.807, 2.05) is 4.90 Å². The average Bonchev–Trinajstić information content (AvgIpc) is 2.93. The van der Waals surface area contributed by atoms with Crippen molar-refractivity contribution in [2.45, 2.75) is 43.8 Å². The van der Waals surface area contributed by atoms with Crippen molar-refractivity contribution in [3.8, 4) is 0 Å². The summed E-state index contributed by atoms with van der Waals surface area (Å²) < 4.78 is 4.19. The second-order valence-corrected chi connectivity index (χ2v) is 6.76. The minimum Gasteiger partial charge on any atom is -0.302 e. The molecule has 8 heteroatoms. The zero-order valence-electron chi connectivity index (χ0n) is 12.1. The molecule has 1 amide bonds. The first-order chi connectivity index (χ1) is 10.2. The van der Waals surface area contributed by atoms with Crippen LogP contribution in [0.2, 0.25) is 0 Å². The predicted molar refractivity (Wildman–Crippen MR) is 84.8 cm³/mol. The molecule has 1 fully saturated rings. The molecular formula is C13H20N4O2S2. The summed E-state index contributed by atoms with van der Waals surface area (Å²) in [5.74, 6) is 0.839. The van der Waals surface area contributed by atoms with Crippen LogP contribution in [0.1, 0.15) is 32.6 Å². The van der Waals surface area contributed by atoms with Crippen molar-refractivity contribution in [2.24, 2.45) is 0 Å². The number of likely N-dealkylation sites (tertiary alicyclic amines) is 1. The van der Waals surface area contributed by atoms with Gasteiger partial charge in [0.15, 0.2) is 0 Å². The summed E-state index contributed by atoms with van der Waals surface area (Å²) in [6.45, 7) is 3.13. The minimum absolute atomic E-state index is 0.130. The highest BCUT2D eigenvalue weighted by Gasteiger charge is 2.24. The number of nitrogens with one attached hydrogen (secondary N) is 1. The Bertz CT molecular complexity index is 480. The lowest BCUT2D eigenvalue weighted by atomic mass is 10.0. The molecule has 0 spiro atoms. The van der Waals surface area contributed by atoms with Crippen molar-refractivity contribution < 1.29 is 9.59 Å². The number of carbonyl (C=O) groups excluding carboxylic acids is 2. The number of carbonyl (C=O) groups is 2. The Labute approximate surface area is 132 Å². The van der Waals surface area contributed by atoms with E-state index in [1.54, 1.807) is 11.8 Å². The number of thioether (sulfide) groups is 1. The summed E-state index contributed by atoms with van der Waals surface area (Å²) in [5.41, 5.74) is 0. The molecule has 1 aromatic rings. The molecule has 1 saturated heterocycles. The Morgan fingerprint density at radius 3 is 3.19 bits per heavy atom. The van der Waals surface area contributed by atoms with Crippen LogP contribution in [0.5, 0.6) is 0 Å². The molecule has 0 aliphatic carbocycles. The maximum absolute atomic E-state index is 12.0. The van der Waals surface area contributed by atoms with Gasteiger partial charge in [0.25, 0.3) is 0 Å². The van der Waals surface area contributed by atoms with E-state index in [-0.39, 0.29) is 18.5 Å². The van der Waals surface area contributed by atoms with Crippen LogP contribution < -0.4 is 5.32 Å². The van der Waals surface area contributed by atoms with Crippen LogP contribution in [-0.2, 0) is 9.59 Å². The Kier molecular flexibility index (Phi) is 6.59. The molecule has 0 aromatic carbocycles. The third-order valence-electron chi connectivity index (χ3n) is 3.26. The van der Waals surface area contributed by atoms with Gasteiger partial charge in [-0.05, 0) is 25.8 Å². The molecule has 1 atom stereocenters. The van der Waals surface area contributed by atoms with Gasteiger partial charge in [-0.1, -0.05) is 25.1 Å². The lowest BCUT2D eigenvalue weighted by Gasteiger charge is -2.31. The highest BCUT2D eigenvalue weighted by atomic mass is 32.2. The van der Waals surface area contributed by atoms with Gasteiger partial charge in [0.1, 0.15) is 6.29 Å². The van der Waals surface area contributed by atoms with Gasteiger partial charge >= 0.3 is 0 Å². The fourth-order valence-corrected chi connectivity index (χ4v) is 3.64. The van der Waals surface area contributed by atoms with E-state index in [2.05, 4.69) is 21.6 Å². The number of aldehydes is 1. The Balaban J connectivity index is 1.83. The first-order valence-corrected chi connectivity index (χ1v) is 8.94. The molecule has 2 heterocycles. The zero-order valence-corrected chi connectivity index (χ0v) is 13.7. The SMILES string of the molecule is CCCSc1nsc(NC(=O)CN2CCCCC2C=O)n1. The van der Waals surface area contributed by atoms with Gasteiger partial charge in [0, 0.05) is 17.3 Å². The first kappa shape index (κ1) is 16.4. The average molecular weight is 328 g/mol. The van der Waals surface area contributed by atoms with Gasteiger partial charge in [0.2, 0.25) is 16.2 Å². The van der Waals surface area contributed by atoms with E-state index in [9.17, 15) is 9.59 Å². The summed E-state index contributed by atoms with van der Waals surface area (Å²) in [6.07, 6.45) is 4.93. The lowest BCUT2D eigenvalue weighted by Crippen LogP contribution is -2.44. The number of hydrogen-bond acceptors (Lipinski definition) is 7. The van der Waals surface area contributed by atoms with E-state index in [0.717, 1.165) is 44.3 Å². The predicted octanol–water partition coefficient (Wildman–Crippen LogP) is 2.03. The maximum Gasteiger partial charge on any atom is 0.240 e. The molecule has 0 radical (unpaired) electrons. The van der Waals surface area contributed by atoms with Gasteiger partial charge in [-0.15, -0.1) is 0 Å². The summed E-state index contributed by atoms with van der Waals surface area (Å²) in [7, 11) is 0. The van der Waals surface area contributed by atoms with Crippen molar-refractivity contribution in [1.82, 2.24) is 14.3 Å². The van der Waals surface area contributed by atoms with Gasteiger partial charge in [-0.3, -0.25) is 15.0 Å². The molecule has 21 heavy (non-hydrogen) atoms. The number of nitrogens with zero attached hydrogens (tertiary/aromatic N) is 3. The van der Waals surface area contributed by atoms with Crippen LogP contribution in [0.4, 0.5) is 5.13 Å². The number of piperidine rings is 1. The van der Waals surface area contributed by atoms with E-state index in [4.69, 9.17) is 0 Å². The fourth-order valence-electron chi connectivity index (χ4n) is 2.22. The molecule has 2 rings (SSSR count). The van der Waals surface area contributed by atoms with Gasteiger partial charge in [0.05, 0.1) is 12.6 Å². The van der Waals surface area contributed by atoms with Crippen molar-refractivity contribution in [3.63, 3.8) is 0 Å². The van der Waals surface area contributed by atoms with E-state index >= 15 is 0 Å². The Morgan fingerprint density at radius 2 is 2.43 bits per heavy atom. The standard InChI is InChI=1S/C13H20N4O2S2/c1-2-7-20-13-15-12(21-16-13)14-11(19)8-17-6-4-3-5-10(17)9-18/h9-10H,2-8H2,1H3,(H,14,15,16,19). The largest absolute Gasteiger partial charge is 0.302 e. The number of aromatic nitrogens is 2. The topological polar surface area (TPSA) is 75.2 Å². The lowest BCUT2D eigenvalue weighted by molar-refractivity contribution is -0.120. The van der Waals surface area contributed by atoms with Crippen LogP contribution >= 0.6 is 23.3 Å². The molecule has 1 aliphatic heterocycles. The molecule has 0 saturated carbocycles. The number of hydrogen-bond donors (Lipinski definition) is 1. The van der Waals surface area contributed by atoms with Crippen LogP contribution in [0.15, 0.2) is 5.16 Å². The molecule has 0 bridgehead atoms. The summed E-state index contributed by atoms with van der Waals surface area (Å²) in [4.78, 5) is 29.2. The van der Waals surface area contributed by atoms with E-state index < -0.39 is 0 Å². The molecule has 116 valence electrons.